The van der Waals surface area contributed by atoms with Crippen LogP contribution in [-0.4, -0.2) is 104 Å². The van der Waals surface area contributed by atoms with E-state index in [1.807, 2.05) is 16.8 Å². The van der Waals surface area contributed by atoms with Crippen molar-refractivity contribution in [2.75, 3.05) is 75.5 Å². The molecule has 218 valence electrons. The number of piperidine rings is 1. The Morgan fingerprint density at radius 2 is 1.75 bits per heavy atom. The van der Waals surface area contributed by atoms with E-state index in [1.54, 1.807) is 0 Å². The summed E-state index contributed by atoms with van der Waals surface area (Å²) >= 11 is 1.13. The molecule has 2 saturated heterocycles. The van der Waals surface area contributed by atoms with E-state index in [-0.39, 0.29) is 34.8 Å². The standard InChI is InChI=1S/C24H30F3N7O5S/c1-32-9-11-33(12-10-32)14-19(35)28-17-13-16(3-4-18(17)39-24(25,26)27)20(36)29-22-30-31-23(40-22)34-7-5-15(6-8-34)21(37)38-2/h3-4,13,15H,5-12,14H2,1-2H3,(H,28,35)(H,29,30,36). The number of alkyl halides is 3. The predicted molar refractivity (Wildman–Crippen MR) is 141 cm³/mol. The summed E-state index contributed by atoms with van der Waals surface area (Å²) in [6, 6.07) is 3.26. The molecule has 0 bridgehead atoms. The van der Waals surface area contributed by atoms with Gasteiger partial charge in [0.2, 0.25) is 16.2 Å². The highest BCUT2D eigenvalue weighted by molar-refractivity contribution is 7.19. The third kappa shape index (κ3) is 8.02. The maximum atomic E-state index is 13.0. The van der Waals surface area contributed by atoms with Crippen molar-refractivity contribution in [2.24, 2.45) is 5.92 Å². The van der Waals surface area contributed by atoms with Crippen LogP contribution in [0.5, 0.6) is 5.75 Å². The molecule has 1 aromatic carbocycles. The number of nitrogens with one attached hydrogen (secondary N) is 2. The summed E-state index contributed by atoms with van der Waals surface area (Å²) in [5.41, 5.74) is -0.296. The van der Waals surface area contributed by atoms with Crippen LogP contribution in [-0.2, 0) is 14.3 Å². The van der Waals surface area contributed by atoms with E-state index < -0.39 is 23.9 Å². The van der Waals surface area contributed by atoms with Gasteiger partial charge in [0.1, 0.15) is 0 Å². The highest BCUT2D eigenvalue weighted by Gasteiger charge is 2.33. The fraction of sp³-hybridized carbons (Fsp3) is 0.542. The van der Waals surface area contributed by atoms with Crippen LogP contribution in [0.1, 0.15) is 23.2 Å². The molecule has 0 aliphatic carbocycles. The molecule has 0 unspecified atom stereocenters. The zero-order valence-electron chi connectivity index (χ0n) is 22.0. The topological polar surface area (TPSA) is 129 Å². The van der Waals surface area contributed by atoms with Gasteiger partial charge in [-0.25, -0.2) is 0 Å². The van der Waals surface area contributed by atoms with Crippen molar-refractivity contribution in [3.63, 3.8) is 0 Å². The normalized spacial score (nSPS) is 17.4. The Labute approximate surface area is 232 Å². The number of carbonyl (C=O) groups excluding carboxylic acids is 3. The first-order chi connectivity index (χ1) is 19.0. The smallest absolute Gasteiger partial charge is 0.469 e. The Hall–Kier alpha value is -3.50. The summed E-state index contributed by atoms with van der Waals surface area (Å²) < 4.78 is 47.8. The van der Waals surface area contributed by atoms with Gasteiger partial charge < -0.3 is 24.6 Å². The highest BCUT2D eigenvalue weighted by atomic mass is 32.1. The lowest BCUT2D eigenvalue weighted by molar-refractivity contribution is -0.274. The molecule has 2 fully saturated rings. The molecular formula is C24H30F3N7O5S. The first kappa shape index (κ1) is 29.5. The molecule has 2 aliphatic rings. The molecular weight excluding hydrogens is 555 g/mol. The largest absolute Gasteiger partial charge is 0.573 e. The second kappa shape index (κ2) is 12.8. The average molecular weight is 586 g/mol. The highest BCUT2D eigenvalue weighted by Crippen LogP contribution is 2.32. The third-order valence-electron chi connectivity index (χ3n) is 6.64. The molecule has 40 heavy (non-hydrogen) atoms. The van der Waals surface area contributed by atoms with Crippen LogP contribution in [0.15, 0.2) is 18.2 Å². The number of benzene rings is 1. The predicted octanol–water partition coefficient (Wildman–Crippen LogP) is 2.26. The van der Waals surface area contributed by atoms with Gasteiger partial charge in [-0.05, 0) is 38.1 Å². The van der Waals surface area contributed by atoms with Crippen LogP contribution in [0.25, 0.3) is 0 Å². The van der Waals surface area contributed by atoms with Crippen molar-refractivity contribution >= 4 is 45.1 Å². The van der Waals surface area contributed by atoms with Gasteiger partial charge in [0.25, 0.3) is 5.91 Å². The number of ether oxygens (including phenoxy) is 2. The molecule has 0 radical (unpaired) electrons. The van der Waals surface area contributed by atoms with Gasteiger partial charge in [-0.15, -0.1) is 23.4 Å². The molecule has 2 aromatic rings. The van der Waals surface area contributed by atoms with Gasteiger partial charge in [0.15, 0.2) is 5.75 Å². The van der Waals surface area contributed by atoms with Gasteiger partial charge in [-0.1, -0.05) is 11.3 Å². The van der Waals surface area contributed by atoms with Crippen molar-refractivity contribution < 1.29 is 37.0 Å². The summed E-state index contributed by atoms with van der Waals surface area (Å²) in [7, 11) is 3.32. The lowest BCUT2D eigenvalue weighted by Gasteiger charge is -2.31. The molecule has 2 aliphatic heterocycles. The number of carbonyl (C=O) groups is 3. The Morgan fingerprint density at radius 1 is 1.05 bits per heavy atom. The van der Waals surface area contributed by atoms with E-state index in [0.717, 1.165) is 42.6 Å². The van der Waals surface area contributed by atoms with E-state index in [2.05, 4.69) is 30.5 Å². The Bertz CT molecular complexity index is 1210. The van der Waals surface area contributed by atoms with E-state index in [9.17, 15) is 27.6 Å². The van der Waals surface area contributed by atoms with Crippen LogP contribution in [0.4, 0.5) is 29.1 Å². The summed E-state index contributed by atoms with van der Waals surface area (Å²) in [4.78, 5) is 43.2. The first-order valence-electron chi connectivity index (χ1n) is 12.6. The molecule has 0 spiro atoms. The number of halogens is 3. The quantitative estimate of drug-likeness (QED) is 0.445. The number of nitrogens with zero attached hydrogens (tertiary/aromatic N) is 5. The molecule has 0 atom stereocenters. The fourth-order valence-electron chi connectivity index (χ4n) is 4.42. The minimum atomic E-state index is -4.99. The Morgan fingerprint density at radius 3 is 2.40 bits per heavy atom. The number of amides is 2. The van der Waals surface area contributed by atoms with Crippen molar-refractivity contribution in [3.8, 4) is 5.75 Å². The lowest BCUT2D eigenvalue weighted by Crippen LogP contribution is -2.47. The SMILES string of the molecule is COC(=O)C1CCN(c2nnc(NC(=O)c3ccc(OC(F)(F)F)c(NC(=O)CN4CCN(C)CC4)c3)s2)CC1. The minimum absolute atomic E-state index is 0.0137. The van der Waals surface area contributed by atoms with Crippen molar-refractivity contribution in [3.05, 3.63) is 23.8 Å². The maximum Gasteiger partial charge on any atom is 0.573 e. The van der Waals surface area contributed by atoms with E-state index >= 15 is 0 Å². The Balaban J connectivity index is 1.41. The molecule has 3 heterocycles. The van der Waals surface area contributed by atoms with Crippen LogP contribution in [0.2, 0.25) is 0 Å². The van der Waals surface area contributed by atoms with Crippen LogP contribution in [0, 0.1) is 5.92 Å². The number of hydrogen-bond acceptors (Lipinski definition) is 11. The summed E-state index contributed by atoms with van der Waals surface area (Å²) in [6.45, 7) is 3.95. The van der Waals surface area contributed by atoms with Crippen molar-refractivity contribution in [1.29, 1.82) is 0 Å². The molecule has 16 heteroatoms. The van der Waals surface area contributed by atoms with Crippen LogP contribution in [0.3, 0.4) is 0 Å². The van der Waals surface area contributed by atoms with Gasteiger partial charge in [0, 0.05) is 44.8 Å². The number of methoxy groups -OCH3 is 1. The lowest BCUT2D eigenvalue weighted by atomic mass is 9.97. The fourth-order valence-corrected chi connectivity index (χ4v) is 5.21. The van der Waals surface area contributed by atoms with Gasteiger partial charge in [0.05, 0.1) is 25.3 Å². The number of anilines is 3. The number of hydrogen-bond donors (Lipinski definition) is 2. The third-order valence-corrected chi connectivity index (χ3v) is 7.54. The summed E-state index contributed by atoms with van der Waals surface area (Å²) in [6.07, 6.45) is -3.79. The second-order valence-corrected chi connectivity index (χ2v) is 10.5. The molecule has 4 rings (SSSR count). The number of aromatic nitrogens is 2. The van der Waals surface area contributed by atoms with Crippen LogP contribution < -0.4 is 20.3 Å². The zero-order valence-corrected chi connectivity index (χ0v) is 22.8. The van der Waals surface area contributed by atoms with Crippen LogP contribution >= 0.6 is 11.3 Å². The number of piperazine rings is 1. The average Bonchev–Trinajstić information content (AvgIpc) is 3.38. The maximum absolute atomic E-state index is 13.0. The van der Waals surface area contributed by atoms with Gasteiger partial charge in [-0.2, -0.15) is 0 Å². The van der Waals surface area contributed by atoms with Gasteiger partial charge in [-0.3, -0.25) is 24.6 Å². The minimum Gasteiger partial charge on any atom is -0.469 e. The number of likely N-dealkylation sites (N-methyl/N-ethyl adjacent to an activating group) is 1. The molecule has 0 saturated carbocycles. The van der Waals surface area contributed by atoms with E-state index in [4.69, 9.17) is 4.74 Å². The van der Waals surface area contributed by atoms with E-state index in [0.29, 0.717) is 44.2 Å². The zero-order chi connectivity index (χ0) is 28.9. The van der Waals surface area contributed by atoms with Gasteiger partial charge >= 0.3 is 12.3 Å². The summed E-state index contributed by atoms with van der Waals surface area (Å²) in [5.74, 6) is -2.23. The molecule has 12 nitrogen and oxygen atoms in total. The van der Waals surface area contributed by atoms with Crippen molar-refractivity contribution in [2.45, 2.75) is 19.2 Å². The summed E-state index contributed by atoms with van der Waals surface area (Å²) in [5, 5.41) is 13.9. The molecule has 2 N–H and O–H groups in total. The molecule has 2 amide bonds. The monoisotopic (exact) mass is 585 g/mol. The molecule has 1 aromatic heterocycles. The number of esters is 1. The Kier molecular flexibility index (Phi) is 9.42. The van der Waals surface area contributed by atoms with E-state index in [1.165, 1.54) is 7.11 Å². The second-order valence-electron chi connectivity index (χ2n) is 9.51. The number of rotatable bonds is 8. The van der Waals surface area contributed by atoms with Crippen molar-refractivity contribution in [1.82, 2.24) is 20.0 Å². The first-order valence-corrected chi connectivity index (χ1v) is 13.4.